The molecule has 1 aromatic rings. The molecule has 0 saturated carbocycles. The molecular formula is C16H24N2O3. The van der Waals surface area contributed by atoms with E-state index in [4.69, 9.17) is 0 Å². The summed E-state index contributed by atoms with van der Waals surface area (Å²) >= 11 is 0. The molecule has 1 aliphatic rings. The van der Waals surface area contributed by atoms with Gasteiger partial charge >= 0.3 is 0 Å². The molecule has 0 radical (unpaired) electrons. The summed E-state index contributed by atoms with van der Waals surface area (Å²) in [6, 6.07) is 7.87. The Balaban J connectivity index is 1.96. The zero-order valence-corrected chi connectivity index (χ0v) is 12.9. The number of aliphatic hydroxyl groups excluding tert-OH is 1. The molecule has 2 unspecified atom stereocenters. The Morgan fingerprint density at radius 3 is 2.52 bits per heavy atom. The minimum absolute atomic E-state index is 0.0119. The van der Waals surface area contributed by atoms with Gasteiger partial charge in [-0.2, -0.15) is 0 Å². The number of benzene rings is 1. The average molecular weight is 292 g/mol. The highest BCUT2D eigenvalue weighted by molar-refractivity contribution is 5.79. The molecule has 1 aliphatic heterocycles. The van der Waals surface area contributed by atoms with E-state index in [-0.39, 0.29) is 12.5 Å². The number of aliphatic hydroxyl groups is 2. The number of hydrogen-bond donors (Lipinski definition) is 2. The van der Waals surface area contributed by atoms with Gasteiger partial charge in [-0.05, 0) is 31.0 Å². The number of rotatable bonds is 3. The first kappa shape index (κ1) is 15.8. The zero-order valence-electron chi connectivity index (χ0n) is 12.9. The molecule has 2 N–H and O–H groups in total. The summed E-state index contributed by atoms with van der Waals surface area (Å²) in [5, 5.41) is 19.8. The second-order valence-corrected chi connectivity index (χ2v) is 6.20. The monoisotopic (exact) mass is 292 g/mol. The highest BCUT2D eigenvalue weighted by Gasteiger charge is 2.37. The van der Waals surface area contributed by atoms with Crippen LogP contribution in [0.1, 0.15) is 18.9 Å². The van der Waals surface area contributed by atoms with Gasteiger partial charge in [0.25, 0.3) is 0 Å². The molecule has 0 aromatic heterocycles. The SMILES string of the molecule is CN(C)c1ccc(CC(=O)N2CCC(C)(O)C(O)C2)cc1. The van der Waals surface area contributed by atoms with Gasteiger partial charge in [0, 0.05) is 32.9 Å². The number of nitrogens with zero attached hydrogens (tertiary/aromatic N) is 2. The second kappa shape index (κ2) is 6.03. The predicted octanol–water partition coefficient (Wildman–Crippen LogP) is 0.639. The lowest BCUT2D eigenvalue weighted by atomic mass is 9.90. The summed E-state index contributed by atoms with van der Waals surface area (Å²) in [4.78, 5) is 15.9. The van der Waals surface area contributed by atoms with Crippen LogP contribution in [-0.4, -0.2) is 59.9 Å². The molecule has 21 heavy (non-hydrogen) atoms. The summed E-state index contributed by atoms with van der Waals surface area (Å²) in [5.74, 6) is -0.0119. The Kier molecular flexibility index (Phi) is 4.54. The quantitative estimate of drug-likeness (QED) is 0.858. The van der Waals surface area contributed by atoms with Crippen LogP contribution in [0.2, 0.25) is 0 Å². The number of carbonyl (C=O) groups is 1. The van der Waals surface area contributed by atoms with Crippen molar-refractivity contribution in [2.75, 3.05) is 32.1 Å². The van der Waals surface area contributed by atoms with E-state index < -0.39 is 11.7 Å². The first-order valence-electron chi connectivity index (χ1n) is 7.24. The molecule has 0 aliphatic carbocycles. The van der Waals surface area contributed by atoms with Crippen molar-refractivity contribution < 1.29 is 15.0 Å². The Hall–Kier alpha value is -1.59. The maximum atomic E-state index is 12.3. The molecule has 116 valence electrons. The van der Waals surface area contributed by atoms with Crippen LogP contribution in [0.4, 0.5) is 5.69 Å². The standard InChI is InChI=1S/C16H24N2O3/c1-16(21)8-9-18(11-14(16)19)15(20)10-12-4-6-13(7-5-12)17(2)3/h4-7,14,19,21H,8-11H2,1-3H3. The summed E-state index contributed by atoms with van der Waals surface area (Å²) in [5.41, 5.74) is 0.956. The Bertz CT molecular complexity index is 497. The van der Waals surface area contributed by atoms with Crippen molar-refractivity contribution in [3.05, 3.63) is 29.8 Å². The van der Waals surface area contributed by atoms with Crippen LogP contribution in [0.25, 0.3) is 0 Å². The number of anilines is 1. The maximum Gasteiger partial charge on any atom is 0.227 e. The fourth-order valence-corrected chi connectivity index (χ4v) is 2.45. The largest absolute Gasteiger partial charge is 0.388 e. The summed E-state index contributed by atoms with van der Waals surface area (Å²) < 4.78 is 0. The smallest absolute Gasteiger partial charge is 0.227 e. The first-order chi connectivity index (χ1) is 9.79. The first-order valence-corrected chi connectivity index (χ1v) is 7.24. The molecule has 1 heterocycles. The van der Waals surface area contributed by atoms with Crippen molar-refractivity contribution >= 4 is 11.6 Å². The van der Waals surface area contributed by atoms with Crippen molar-refractivity contribution in [1.29, 1.82) is 0 Å². The number of hydrogen-bond acceptors (Lipinski definition) is 4. The molecular weight excluding hydrogens is 268 g/mol. The highest BCUT2D eigenvalue weighted by atomic mass is 16.3. The number of piperidine rings is 1. The van der Waals surface area contributed by atoms with E-state index in [1.54, 1.807) is 11.8 Å². The lowest BCUT2D eigenvalue weighted by Crippen LogP contribution is -2.55. The van der Waals surface area contributed by atoms with Crippen LogP contribution in [0.5, 0.6) is 0 Å². The zero-order chi connectivity index (χ0) is 15.6. The van der Waals surface area contributed by atoms with Gasteiger partial charge in [0.1, 0.15) is 0 Å². The van der Waals surface area contributed by atoms with E-state index >= 15 is 0 Å². The number of carbonyl (C=O) groups excluding carboxylic acids is 1. The lowest BCUT2D eigenvalue weighted by Gasteiger charge is -2.40. The number of β-amino-alcohol motifs (C(OH)–C–C–N with tert-alkyl or cyclic N) is 1. The molecule has 1 amide bonds. The minimum Gasteiger partial charge on any atom is -0.388 e. The minimum atomic E-state index is -1.09. The molecule has 1 aromatic carbocycles. The third-order valence-corrected chi connectivity index (χ3v) is 4.16. The van der Waals surface area contributed by atoms with Crippen molar-refractivity contribution in [3.8, 4) is 0 Å². The van der Waals surface area contributed by atoms with Crippen molar-refractivity contribution in [1.82, 2.24) is 4.90 Å². The van der Waals surface area contributed by atoms with Crippen LogP contribution in [0.15, 0.2) is 24.3 Å². The van der Waals surface area contributed by atoms with Crippen molar-refractivity contribution in [2.24, 2.45) is 0 Å². The summed E-state index contributed by atoms with van der Waals surface area (Å²) in [6.45, 7) is 2.29. The van der Waals surface area contributed by atoms with E-state index in [9.17, 15) is 15.0 Å². The van der Waals surface area contributed by atoms with Crippen LogP contribution in [0, 0.1) is 0 Å². The normalized spacial score (nSPS) is 25.8. The van der Waals surface area contributed by atoms with E-state index in [1.165, 1.54) is 0 Å². The topological polar surface area (TPSA) is 64.0 Å². The van der Waals surface area contributed by atoms with Gasteiger partial charge in [-0.25, -0.2) is 0 Å². The van der Waals surface area contributed by atoms with Gasteiger partial charge in [0.05, 0.1) is 18.1 Å². The van der Waals surface area contributed by atoms with Gasteiger partial charge in [-0.15, -0.1) is 0 Å². The maximum absolute atomic E-state index is 12.3. The van der Waals surface area contributed by atoms with Gasteiger partial charge in [0.2, 0.25) is 5.91 Å². The average Bonchev–Trinajstić information content (AvgIpc) is 2.42. The van der Waals surface area contributed by atoms with Crippen molar-refractivity contribution in [3.63, 3.8) is 0 Å². The number of likely N-dealkylation sites (tertiary alicyclic amines) is 1. The fraction of sp³-hybridized carbons (Fsp3) is 0.562. The van der Waals surface area contributed by atoms with E-state index in [1.807, 2.05) is 43.3 Å². The lowest BCUT2D eigenvalue weighted by molar-refractivity contribution is -0.145. The van der Waals surface area contributed by atoms with Gasteiger partial charge in [-0.3, -0.25) is 4.79 Å². The molecule has 5 nitrogen and oxygen atoms in total. The third kappa shape index (κ3) is 3.74. The van der Waals surface area contributed by atoms with Gasteiger partial charge < -0.3 is 20.0 Å². The number of amides is 1. The van der Waals surface area contributed by atoms with Gasteiger partial charge in [0.15, 0.2) is 0 Å². The van der Waals surface area contributed by atoms with Crippen LogP contribution < -0.4 is 4.90 Å². The molecule has 2 rings (SSSR count). The third-order valence-electron chi connectivity index (χ3n) is 4.16. The van der Waals surface area contributed by atoms with Crippen LogP contribution in [-0.2, 0) is 11.2 Å². The van der Waals surface area contributed by atoms with Gasteiger partial charge in [-0.1, -0.05) is 12.1 Å². The molecule has 5 heteroatoms. The van der Waals surface area contributed by atoms with Crippen LogP contribution in [0.3, 0.4) is 0 Å². The summed E-state index contributed by atoms with van der Waals surface area (Å²) in [6.07, 6.45) is -0.159. The molecule has 0 bridgehead atoms. The Morgan fingerprint density at radius 1 is 1.38 bits per heavy atom. The Labute approximate surface area is 125 Å². The molecule has 0 spiro atoms. The van der Waals surface area contributed by atoms with Crippen LogP contribution >= 0.6 is 0 Å². The van der Waals surface area contributed by atoms with E-state index in [0.717, 1.165) is 11.3 Å². The fourth-order valence-electron chi connectivity index (χ4n) is 2.45. The highest BCUT2D eigenvalue weighted by Crippen LogP contribution is 2.22. The predicted molar refractivity (Wildman–Crippen MR) is 82.3 cm³/mol. The molecule has 1 fully saturated rings. The summed E-state index contributed by atoms with van der Waals surface area (Å²) in [7, 11) is 3.95. The Morgan fingerprint density at radius 2 is 2.00 bits per heavy atom. The van der Waals surface area contributed by atoms with E-state index in [0.29, 0.717) is 19.4 Å². The molecule has 1 saturated heterocycles. The second-order valence-electron chi connectivity index (χ2n) is 6.20. The molecule has 2 atom stereocenters. The van der Waals surface area contributed by atoms with Crippen molar-refractivity contribution in [2.45, 2.75) is 31.5 Å². The van der Waals surface area contributed by atoms with E-state index in [2.05, 4.69) is 0 Å².